The number of allylic oxidation sites excluding steroid dienone is 5. The van der Waals surface area contributed by atoms with Crippen LogP contribution in [-0.4, -0.2) is 0 Å². The Hall–Kier alpha value is -0.780. The number of rotatable bonds is 9. The first-order chi connectivity index (χ1) is 10.5. The molecule has 22 heavy (non-hydrogen) atoms. The first-order valence-electron chi connectivity index (χ1n) is 9.49. The summed E-state index contributed by atoms with van der Waals surface area (Å²) >= 11 is 0. The number of hydrogen-bond acceptors (Lipinski definition) is 0. The second-order valence-corrected chi connectivity index (χ2v) is 7.70. The van der Waals surface area contributed by atoms with Gasteiger partial charge in [0.2, 0.25) is 0 Å². The highest BCUT2D eigenvalue weighted by atomic mass is 14.2. The van der Waals surface area contributed by atoms with E-state index in [4.69, 9.17) is 0 Å². The molecule has 0 amide bonds. The molecule has 0 aromatic heterocycles. The van der Waals surface area contributed by atoms with Gasteiger partial charge in [0, 0.05) is 0 Å². The van der Waals surface area contributed by atoms with Crippen LogP contribution in [0.4, 0.5) is 0 Å². The fourth-order valence-corrected chi connectivity index (χ4v) is 3.50. The first-order valence-corrected chi connectivity index (χ1v) is 9.49. The summed E-state index contributed by atoms with van der Waals surface area (Å²) in [6.45, 7) is 13.2. The summed E-state index contributed by atoms with van der Waals surface area (Å²) in [4.78, 5) is 0. The van der Waals surface area contributed by atoms with Crippen LogP contribution in [0.5, 0.6) is 0 Å². The Morgan fingerprint density at radius 3 is 2.36 bits per heavy atom. The molecule has 1 saturated carbocycles. The van der Waals surface area contributed by atoms with Crippen LogP contribution in [0.1, 0.15) is 79.1 Å². The van der Waals surface area contributed by atoms with Crippen molar-refractivity contribution in [3.05, 3.63) is 36.5 Å². The highest BCUT2D eigenvalue weighted by Gasteiger charge is 2.17. The van der Waals surface area contributed by atoms with E-state index < -0.39 is 0 Å². The molecule has 1 aliphatic rings. The van der Waals surface area contributed by atoms with Crippen LogP contribution in [0.15, 0.2) is 36.5 Å². The molecule has 1 aliphatic carbocycles. The zero-order chi connectivity index (χ0) is 16.4. The molecular weight excluding hydrogens is 264 g/mol. The predicted molar refractivity (Wildman–Crippen MR) is 101 cm³/mol. The molecule has 0 radical (unpaired) electrons. The van der Waals surface area contributed by atoms with E-state index in [1.165, 1.54) is 51.4 Å². The molecule has 0 spiro atoms. The smallest absolute Gasteiger partial charge is 0.0234 e. The first kappa shape index (κ1) is 19.3. The monoisotopic (exact) mass is 302 g/mol. The lowest BCUT2D eigenvalue weighted by Crippen LogP contribution is -2.16. The highest BCUT2D eigenvalue weighted by Crippen LogP contribution is 2.28. The van der Waals surface area contributed by atoms with Crippen molar-refractivity contribution in [2.45, 2.75) is 79.1 Å². The van der Waals surface area contributed by atoms with Crippen molar-refractivity contribution in [1.29, 1.82) is 0 Å². The van der Waals surface area contributed by atoms with Gasteiger partial charge in [0.05, 0.1) is 0 Å². The zero-order valence-electron chi connectivity index (χ0n) is 15.5. The van der Waals surface area contributed by atoms with Crippen LogP contribution in [0.25, 0.3) is 0 Å². The lowest BCUT2D eigenvalue weighted by Gasteiger charge is -2.25. The fourth-order valence-electron chi connectivity index (χ4n) is 3.50. The van der Waals surface area contributed by atoms with Gasteiger partial charge in [0.25, 0.3) is 0 Å². The van der Waals surface area contributed by atoms with Crippen LogP contribution in [0, 0.1) is 23.7 Å². The van der Waals surface area contributed by atoms with Gasteiger partial charge in [0.15, 0.2) is 0 Å². The zero-order valence-corrected chi connectivity index (χ0v) is 15.5. The van der Waals surface area contributed by atoms with Crippen molar-refractivity contribution < 1.29 is 0 Å². The van der Waals surface area contributed by atoms with E-state index in [-0.39, 0.29) is 0 Å². The Labute approximate surface area is 139 Å². The van der Waals surface area contributed by atoms with Crippen LogP contribution in [0.2, 0.25) is 0 Å². The molecule has 3 atom stereocenters. The lowest BCUT2D eigenvalue weighted by molar-refractivity contribution is 0.268. The second-order valence-electron chi connectivity index (χ2n) is 7.70. The molecule has 126 valence electrons. The Balaban J connectivity index is 2.23. The summed E-state index contributed by atoms with van der Waals surface area (Å²) in [6.07, 6.45) is 20.4. The van der Waals surface area contributed by atoms with E-state index in [1.54, 1.807) is 0 Å². The molecule has 0 heterocycles. The average molecular weight is 303 g/mol. The van der Waals surface area contributed by atoms with Crippen LogP contribution >= 0.6 is 0 Å². The molecule has 0 aromatic carbocycles. The topological polar surface area (TPSA) is 0 Å². The largest absolute Gasteiger partial charge is 0.0961 e. The molecule has 1 rings (SSSR count). The summed E-state index contributed by atoms with van der Waals surface area (Å²) < 4.78 is 0. The van der Waals surface area contributed by atoms with Gasteiger partial charge in [-0.2, -0.15) is 0 Å². The molecule has 0 bridgehead atoms. The van der Waals surface area contributed by atoms with Crippen molar-refractivity contribution in [2.24, 2.45) is 23.7 Å². The normalized spacial score (nSPS) is 21.3. The molecule has 0 nitrogen and oxygen atoms in total. The third kappa shape index (κ3) is 8.01. The van der Waals surface area contributed by atoms with Gasteiger partial charge in [-0.3, -0.25) is 0 Å². The minimum atomic E-state index is 0.757. The van der Waals surface area contributed by atoms with Crippen molar-refractivity contribution in [3.63, 3.8) is 0 Å². The summed E-state index contributed by atoms with van der Waals surface area (Å²) in [5, 5.41) is 0. The van der Waals surface area contributed by atoms with Crippen molar-refractivity contribution in [2.75, 3.05) is 0 Å². The van der Waals surface area contributed by atoms with Gasteiger partial charge in [0.1, 0.15) is 0 Å². The minimum absolute atomic E-state index is 0.757. The summed E-state index contributed by atoms with van der Waals surface area (Å²) in [6, 6.07) is 0. The Morgan fingerprint density at radius 1 is 1.05 bits per heavy atom. The lowest BCUT2D eigenvalue weighted by atomic mass is 9.81. The van der Waals surface area contributed by atoms with Gasteiger partial charge in [-0.15, -0.1) is 0 Å². The standard InChI is InChI=1S/C22H38/c1-18(2)12-11-14-20(4)21(5)19(3)13-9-10-17-22-15-7-6-8-16-22/h10-12,17,19-22H,1,6-9,13-16H2,2-5H3. The van der Waals surface area contributed by atoms with Crippen LogP contribution in [-0.2, 0) is 0 Å². The third-order valence-electron chi connectivity index (χ3n) is 5.55. The Morgan fingerprint density at radius 2 is 1.73 bits per heavy atom. The highest BCUT2D eigenvalue weighted by molar-refractivity contribution is 5.10. The average Bonchev–Trinajstić information content (AvgIpc) is 2.51. The van der Waals surface area contributed by atoms with Crippen molar-refractivity contribution >= 4 is 0 Å². The van der Waals surface area contributed by atoms with Gasteiger partial charge in [-0.25, -0.2) is 0 Å². The summed E-state index contributed by atoms with van der Waals surface area (Å²) in [5.41, 5.74) is 1.15. The second kappa shape index (κ2) is 10.9. The van der Waals surface area contributed by atoms with E-state index in [9.17, 15) is 0 Å². The third-order valence-corrected chi connectivity index (χ3v) is 5.55. The van der Waals surface area contributed by atoms with Gasteiger partial charge >= 0.3 is 0 Å². The fraction of sp³-hybridized carbons (Fsp3) is 0.727. The minimum Gasteiger partial charge on any atom is -0.0961 e. The predicted octanol–water partition coefficient (Wildman–Crippen LogP) is 7.33. The van der Waals surface area contributed by atoms with Crippen molar-refractivity contribution in [1.82, 2.24) is 0 Å². The van der Waals surface area contributed by atoms with E-state index in [1.807, 2.05) is 0 Å². The van der Waals surface area contributed by atoms with Gasteiger partial charge < -0.3 is 0 Å². The maximum absolute atomic E-state index is 3.93. The maximum atomic E-state index is 3.93. The molecule has 0 saturated heterocycles. The Bertz CT molecular complexity index is 354. The molecule has 0 N–H and O–H groups in total. The Kier molecular flexibility index (Phi) is 9.52. The van der Waals surface area contributed by atoms with Crippen molar-refractivity contribution in [3.8, 4) is 0 Å². The van der Waals surface area contributed by atoms with E-state index >= 15 is 0 Å². The molecule has 0 aliphatic heterocycles. The van der Waals surface area contributed by atoms with Gasteiger partial charge in [-0.1, -0.05) is 76.5 Å². The molecule has 3 unspecified atom stereocenters. The van der Waals surface area contributed by atoms with E-state index in [2.05, 4.69) is 58.6 Å². The summed E-state index contributed by atoms with van der Waals surface area (Å²) in [7, 11) is 0. The molecule has 1 fully saturated rings. The van der Waals surface area contributed by atoms with E-state index in [0.29, 0.717) is 0 Å². The van der Waals surface area contributed by atoms with Crippen LogP contribution < -0.4 is 0 Å². The molecular formula is C22H38. The van der Waals surface area contributed by atoms with E-state index in [0.717, 1.165) is 29.2 Å². The van der Waals surface area contributed by atoms with Crippen LogP contribution in [0.3, 0.4) is 0 Å². The SMILES string of the molecule is C=C(C)C=CCC(C)C(C)C(C)CCC=CC1CCCCC1. The van der Waals surface area contributed by atoms with Gasteiger partial charge in [-0.05, 0) is 62.7 Å². The molecule has 0 aromatic rings. The molecule has 0 heteroatoms. The maximum Gasteiger partial charge on any atom is -0.0234 e. The number of hydrogen-bond donors (Lipinski definition) is 0. The quantitative estimate of drug-likeness (QED) is 0.309. The summed E-state index contributed by atoms with van der Waals surface area (Å²) in [5.74, 6) is 3.24.